The SMILES string of the molecule is Cc1cc(Br)cnc1C(=O)Nc1cccc(C2(C3CC3)N=C(N)COC2F)c1. The number of pyridine rings is 1. The van der Waals surface area contributed by atoms with Gasteiger partial charge in [-0.15, -0.1) is 0 Å². The van der Waals surface area contributed by atoms with E-state index in [-0.39, 0.29) is 24.3 Å². The van der Waals surface area contributed by atoms with Crippen LogP contribution in [-0.4, -0.2) is 29.7 Å². The highest BCUT2D eigenvalue weighted by Crippen LogP contribution is 2.53. The van der Waals surface area contributed by atoms with Crippen LogP contribution in [0.4, 0.5) is 10.1 Å². The number of hydrogen-bond donors (Lipinski definition) is 2. The summed E-state index contributed by atoms with van der Waals surface area (Å²) in [4.78, 5) is 21.3. The number of halogens is 2. The van der Waals surface area contributed by atoms with Gasteiger partial charge in [-0.05, 0) is 70.9 Å². The van der Waals surface area contributed by atoms with Crippen LogP contribution in [-0.2, 0) is 10.3 Å². The Kier molecular flexibility index (Phi) is 4.93. The summed E-state index contributed by atoms with van der Waals surface area (Å²) < 4.78 is 21.0. The number of aliphatic imine (C=N–C) groups is 1. The molecule has 8 heteroatoms. The van der Waals surface area contributed by atoms with Crippen LogP contribution in [0.5, 0.6) is 0 Å². The monoisotopic (exact) mass is 446 g/mol. The van der Waals surface area contributed by atoms with Crippen LogP contribution in [0.25, 0.3) is 0 Å². The Morgan fingerprint density at radius 1 is 1.39 bits per heavy atom. The van der Waals surface area contributed by atoms with Crippen molar-refractivity contribution >= 4 is 33.4 Å². The number of ether oxygens (including phenoxy) is 1. The molecule has 2 heterocycles. The van der Waals surface area contributed by atoms with Gasteiger partial charge in [0, 0.05) is 16.4 Å². The van der Waals surface area contributed by atoms with E-state index in [0.717, 1.165) is 22.9 Å². The zero-order valence-electron chi connectivity index (χ0n) is 15.3. The molecule has 1 aromatic heterocycles. The molecule has 2 atom stereocenters. The number of nitrogens with one attached hydrogen (secondary N) is 1. The third-order valence-corrected chi connectivity index (χ3v) is 5.53. The molecule has 2 unspecified atom stereocenters. The normalized spacial score (nSPS) is 24.5. The molecule has 6 nitrogen and oxygen atoms in total. The maximum Gasteiger partial charge on any atom is 0.274 e. The second kappa shape index (κ2) is 7.25. The average molecular weight is 447 g/mol. The third kappa shape index (κ3) is 3.42. The molecular weight excluding hydrogens is 427 g/mol. The molecule has 1 fully saturated rings. The minimum Gasteiger partial charge on any atom is -0.385 e. The first-order valence-corrected chi connectivity index (χ1v) is 9.83. The number of nitrogens with two attached hydrogens (primary N) is 1. The molecule has 4 rings (SSSR count). The molecular formula is C20H20BrFN4O2. The zero-order chi connectivity index (χ0) is 19.9. The summed E-state index contributed by atoms with van der Waals surface area (Å²) >= 11 is 3.34. The maximum absolute atomic E-state index is 14.9. The summed E-state index contributed by atoms with van der Waals surface area (Å²) in [5.41, 5.74) is 6.98. The van der Waals surface area contributed by atoms with Crippen molar-refractivity contribution in [3.05, 3.63) is 57.8 Å². The number of rotatable bonds is 4. The molecule has 3 N–H and O–H groups in total. The summed E-state index contributed by atoms with van der Waals surface area (Å²) in [5, 5.41) is 2.84. The highest BCUT2D eigenvalue weighted by molar-refractivity contribution is 9.10. The van der Waals surface area contributed by atoms with E-state index < -0.39 is 11.9 Å². The van der Waals surface area contributed by atoms with Gasteiger partial charge in [-0.1, -0.05) is 12.1 Å². The quantitative estimate of drug-likeness (QED) is 0.748. The molecule has 0 saturated heterocycles. The lowest BCUT2D eigenvalue weighted by molar-refractivity contribution is -0.0930. The Labute approximate surface area is 170 Å². The van der Waals surface area contributed by atoms with Crippen LogP contribution >= 0.6 is 15.9 Å². The van der Waals surface area contributed by atoms with Crippen molar-refractivity contribution in [3.63, 3.8) is 0 Å². The van der Waals surface area contributed by atoms with Gasteiger partial charge in [-0.2, -0.15) is 0 Å². The van der Waals surface area contributed by atoms with Crippen molar-refractivity contribution in [2.45, 2.75) is 31.7 Å². The van der Waals surface area contributed by atoms with Gasteiger partial charge >= 0.3 is 0 Å². The molecule has 2 aromatic rings. The molecule has 1 aromatic carbocycles. The smallest absolute Gasteiger partial charge is 0.274 e. The van der Waals surface area contributed by atoms with Gasteiger partial charge in [0.1, 0.15) is 23.7 Å². The number of nitrogens with zero attached hydrogens (tertiary/aromatic N) is 2. The fourth-order valence-corrected chi connectivity index (χ4v) is 4.10. The number of hydrogen-bond acceptors (Lipinski definition) is 5. The van der Waals surface area contributed by atoms with Gasteiger partial charge < -0.3 is 15.8 Å². The van der Waals surface area contributed by atoms with E-state index in [1.165, 1.54) is 0 Å². The van der Waals surface area contributed by atoms with E-state index >= 15 is 0 Å². The topological polar surface area (TPSA) is 89.6 Å². The molecule has 1 saturated carbocycles. The lowest BCUT2D eigenvalue weighted by Crippen LogP contribution is -2.46. The molecule has 1 aliphatic carbocycles. The van der Waals surface area contributed by atoms with Crippen LogP contribution in [0.2, 0.25) is 0 Å². The maximum atomic E-state index is 14.9. The van der Waals surface area contributed by atoms with Gasteiger partial charge in [0.15, 0.2) is 0 Å². The van der Waals surface area contributed by atoms with E-state index in [0.29, 0.717) is 16.9 Å². The summed E-state index contributed by atoms with van der Waals surface area (Å²) in [6.45, 7) is 1.80. The van der Waals surface area contributed by atoms with Crippen molar-refractivity contribution < 1.29 is 13.9 Å². The van der Waals surface area contributed by atoms with Crippen LogP contribution in [0.3, 0.4) is 0 Å². The molecule has 2 aliphatic rings. The number of aryl methyl sites for hydroxylation is 1. The van der Waals surface area contributed by atoms with Crippen molar-refractivity contribution in [1.82, 2.24) is 4.98 Å². The number of benzene rings is 1. The Morgan fingerprint density at radius 2 is 2.18 bits per heavy atom. The van der Waals surface area contributed by atoms with E-state index in [1.54, 1.807) is 30.5 Å². The number of amidine groups is 1. The molecule has 1 aliphatic heterocycles. The highest BCUT2D eigenvalue weighted by atomic mass is 79.9. The second-order valence-electron chi connectivity index (χ2n) is 7.18. The Bertz CT molecular complexity index is 963. The summed E-state index contributed by atoms with van der Waals surface area (Å²) in [6.07, 6.45) is 1.72. The van der Waals surface area contributed by atoms with E-state index in [2.05, 4.69) is 31.2 Å². The molecule has 28 heavy (non-hydrogen) atoms. The van der Waals surface area contributed by atoms with Gasteiger partial charge in [0.25, 0.3) is 5.91 Å². The lowest BCUT2D eigenvalue weighted by atomic mass is 9.84. The number of anilines is 1. The van der Waals surface area contributed by atoms with Crippen molar-refractivity contribution in [3.8, 4) is 0 Å². The van der Waals surface area contributed by atoms with Crippen LogP contribution < -0.4 is 11.1 Å². The fourth-order valence-electron chi connectivity index (χ4n) is 3.65. The minimum absolute atomic E-state index is 0.0133. The Hall–Kier alpha value is -2.32. The zero-order valence-corrected chi connectivity index (χ0v) is 16.9. The molecule has 0 bridgehead atoms. The second-order valence-corrected chi connectivity index (χ2v) is 8.10. The van der Waals surface area contributed by atoms with E-state index in [1.807, 2.05) is 13.0 Å². The molecule has 0 spiro atoms. The number of carbonyl (C=O) groups is 1. The van der Waals surface area contributed by atoms with Crippen LogP contribution in [0.15, 0.2) is 46.0 Å². The van der Waals surface area contributed by atoms with Crippen molar-refractivity contribution in [1.29, 1.82) is 0 Å². The molecule has 146 valence electrons. The number of aromatic nitrogens is 1. The van der Waals surface area contributed by atoms with E-state index in [9.17, 15) is 9.18 Å². The first kappa shape index (κ1) is 19.0. The average Bonchev–Trinajstić information content (AvgIpc) is 3.49. The largest absolute Gasteiger partial charge is 0.385 e. The van der Waals surface area contributed by atoms with Gasteiger partial charge in [0.2, 0.25) is 6.36 Å². The first-order chi connectivity index (χ1) is 13.4. The Morgan fingerprint density at radius 3 is 2.89 bits per heavy atom. The van der Waals surface area contributed by atoms with Crippen LogP contribution in [0.1, 0.15) is 34.5 Å². The predicted octanol–water partition coefficient (Wildman–Crippen LogP) is 3.69. The highest BCUT2D eigenvalue weighted by Gasteiger charge is 2.55. The lowest BCUT2D eigenvalue weighted by Gasteiger charge is -2.37. The van der Waals surface area contributed by atoms with Crippen molar-refractivity contribution in [2.24, 2.45) is 16.6 Å². The summed E-state index contributed by atoms with van der Waals surface area (Å²) in [5.74, 6) is -0.0186. The predicted molar refractivity (Wildman–Crippen MR) is 108 cm³/mol. The summed E-state index contributed by atoms with van der Waals surface area (Å²) in [7, 11) is 0. The Balaban J connectivity index is 1.66. The third-order valence-electron chi connectivity index (χ3n) is 5.09. The van der Waals surface area contributed by atoms with Gasteiger partial charge in [0.05, 0.1) is 0 Å². The van der Waals surface area contributed by atoms with Crippen LogP contribution in [0, 0.1) is 12.8 Å². The number of amides is 1. The molecule has 1 amide bonds. The van der Waals surface area contributed by atoms with Crippen molar-refractivity contribution in [2.75, 3.05) is 11.9 Å². The standard InChI is InChI=1S/C20H20BrFN4O2/c1-11-7-14(21)9-24-17(11)18(27)25-15-4-2-3-13(8-15)20(12-5-6-12)19(22)28-10-16(23)26-20/h2-4,7-9,12,19H,5-6,10H2,1H3,(H2,23,26)(H,25,27). The number of alkyl halides is 1. The van der Waals surface area contributed by atoms with E-state index in [4.69, 9.17) is 10.5 Å². The molecule has 0 radical (unpaired) electrons. The minimum atomic E-state index is -1.58. The van der Waals surface area contributed by atoms with Gasteiger partial charge in [-0.25, -0.2) is 9.37 Å². The first-order valence-electron chi connectivity index (χ1n) is 9.04. The number of carbonyl (C=O) groups excluding carboxylic acids is 1. The van der Waals surface area contributed by atoms with Gasteiger partial charge in [-0.3, -0.25) is 9.79 Å². The summed E-state index contributed by atoms with van der Waals surface area (Å²) in [6, 6.07) is 8.88. The fraction of sp³-hybridized carbons (Fsp3) is 0.350.